The van der Waals surface area contributed by atoms with Gasteiger partial charge >= 0.3 is 17.9 Å². The Kier molecular flexibility index (Phi) is 19.2. The van der Waals surface area contributed by atoms with Crippen molar-refractivity contribution in [2.24, 2.45) is 0 Å². The number of rotatable bonds is 12. The summed E-state index contributed by atoms with van der Waals surface area (Å²) in [5.74, 6) is -3.82. The van der Waals surface area contributed by atoms with Gasteiger partial charge in [0.1, 0.15) is 51.6 Å². The van der Waals surface area contributed by atoms with E-state index in [0.29, 0.717) is 70.5 Å². The summed E-state index contributed by atoms with van der Waals surface area (Å²) in [5.41, 5.74) is 19.7. The summed E-state index contributed by atoms with van der Waals surface area (Å²) in [7, 11) is 0. The zero-order chi connectivity index (χ0) is 46.2. The third-order valence-corrected chi connectivity index (χ3v) is 8.20. The van der Waals surface area contributed by atoms with Crippen molar-refractivity contribution in [3.63, 3.8) is 0 Å². The molecule has 6 aromatic rings. The first-order valence-corrected chi connectivity index (χ1v) is 18.8. The smallest absolute Gasteiger partial charge is 0.354 e. The molecule has 22 heteroatoms. The second-order valence-electron chi connectivity index (χ2n) is 12.8. The quantitative estimate of drug-likeness (QED) is 0.0846. The average Bonchev–Trinajstić information content (AvgIpc) is 3.27. The average molecular weight is 1010 g/mol. The van der Waals surface area contributed by atoms with Crippen LogP contribution in [0.5, 0.6) is 0 Å². The Labute approximate surface area is 397 Å². The van der Waals surface area contributed by atoms with Gasteiger partial charge in [0.25, 0.3) is 17.7 Å². The molecule has 0 fully saturated rings. The van der Waals surface area contributed by atoms with E-state index >= 15 is 0 Å². The van der Waals surface area contributed by atoms with E-state index in [1.807, 2.05) is 0 Å². The van der Waals surface area contributed by atoms with E-state index in [4.69, 9.17) is 32.5 Å². The van der Waals surface area contributed by atoms with Gasteiger partial charge in [0.15, 0.2) is 0 Å². The molecule has 0 aliphatic rings. The van der Waals surface area contributed by atoms with Crippen molar-refractivity contribution in [3.8, 4) is 33.4 Å². The molecule has 0 unspecified atom stereocenters. The van der Waals surface area contributed by atoms with E-state index in [1.165, 1.54) is 55.0 Å². The Morgan fingerprint density at radius 3 is 0.844 bits per heavy atom. The Balaban J connectivity index is 0.000000253. The number of carboxylic acid groups (broad SMARTS) is 3. The number of nitrogen functional groups attached to an aromatic ring is 3. The molecule has 6 aromatic heterocycles. The number of carbonyl (C=O) groups excluding carboxylic acids is 3. The topological polar surface area (TPSA) is 355 Å². The number of nitrogens with one attached hydrogen (secondary N) is 3. The fourth-order valence-corrected chi connectivity index (χ4v) is 5.25. The summed E-state index contributed by atoms with van der Waals surface area (Å²) in [6.07, 6.45) is 4.54. The normalized spacial score (nSPS) is 9.98. The molecule has 0 bridgehead atoms. The SMILES string of the molecule is CCNC(=O)c1cc(-c2ccc(N)nc2)cc(C(=O)O)n1.CCNC(=O)c1cc(-c2ccc(N)nc2)cc(C(=O)O)n1.CCNC(=O)c1cc(-c2ccc(N)nc2)cc(C(=O)O)n1.[Sm]. The van der Waals surface area contributed by atoms with Crippen molar-refractivity contribution < 1.29 is 84.5 Å². The summed E-state index contributed by atoms with van der Waals surface area (Å²) in [6, 6.07) is 18.6. The van der Waals surface area contributed by atoms with Gasteiger partial charge in [0.05, 0.1) is 0 Å². The van der Waals surface area contributed by atoms with Gasteiger partial charge in [-0.15, -0.1) is 0 Å². The summed E-state index contributed by atoms with van der Waals surface area (Å²) in [6.45, 7) is 6.58. The number of hydrogen-bond donors (Lipinski definition) is 9. The van der Waals surface area contributed by atoms with Crippen molar-refractivity contribution in [2.75, 3.05) is 36.8 Å². The maximum atomic E-state index is 11.9. The first kappa shape index (κ1) is 50.8. The van der Waals surface area contributed by atoms with Gasteiger partial charge in [-0.25, -0.2) is 44.3 Å². The van der Waals surface area contributed by atoms with Crippen molar-refractivity contribution in [3.05, 3.63) is 126 Å². The molecule has 0 spiro atoms. The summed E-state index contributed by atoms with van der Waals surface area (Å²) < 4.78 is 0. The van der Waals surface area contributed by atoms with Crippen LogP contribution in [0.15, 0.2) is 91.4 Å². The molecule has 330 valence electrons. The molecule has 0 aromatic carbocycles. The molecular weight excluding hydrogens is 967 g/mol. The Bertz CT molecular complexity index is 2340. The van der Waals surface area contributed by atoms with Gasteiger partial charge in [0, 0.05) is 95.3 Å². The molecule has 64 heavy (non-hydrogen) atoms. The molecule has 12 N–H and O–H groups in total. The predicted molar refractivity (Wildman–Crippen MR) is 231 cm³/mol. The van der Waals surface area contributed by atoms with E-state index in [9.17, 15) is 28.8 Å². The number of aromatic nitrogens is 6. The van der Waals surface area contributed by atoms with Crippen LogP contribution in [0.4, 0.5) is 17.5 Å². The monoisotopic (exact) mass is 1010 g/mol. The van der Waals surface area contributed by atoms with E-state index < -0.39 is 35.6 Å². The number of carboxylic acids is 3. The zero-order valence-corrected chi connectivity index (χ0v) is 37.0. The molecular formula is C42H42N12O9Sm. The number of hydrogen-bond acceptors (Lipinski definition) is 15. The van der Waals surface area contributed by atoms with Gasteiger partial charge in [0.2, 0.25) is 0 Å². The molecule has 0 aliphatic heterocycles. The number of aromatic carboxylic acids is 3. The van der Waals surface area contributed by atoms with Crippen molar-refractivity contribution in [1.29, 1.82) is 0 Å². The minimum Gasteiger partial charge on any atom is -0.477 e. The standard InChI is InChI=1S/3C14H14N4O3.Sm/c3*1-2-16-13(19)10-5-9(6-11(18-10)14(20)21)8-3-4-12(15)17-7-8;/h3*3-7H,2H2,1H3,(H2,15,17)(H,16,19)(H,20,21);. The van der Waals surface area contributed by atoms with Crippen LogP contribution in [0.25, 0.3) is 33.4 Å². The first-order chi connectivity index (χ1) is 30.0. The van der Waals surface area contributed by atoms with Crippen LogP contribution in [-0.2, 0) is 0 Å². The molecule has 6 rings (SSSR count). The fourth-order valence-electron chi connectivity index (χ4n) is 5.25. The van der Waals surface area contributed by atoms with Gasteiger partial charge < -0.3 is 48.5 Å². The van der Waals surface area contributed by atoms with Gasteiger partial charge in [-0.05, 0) is 110 Å². The molecule has 6 heterocycles. The third-order valence-electron chi connectivity index (χ3n) is 8.20. The molecule has 0 atom stereocenters. The molecule has 0 aliphatic carbocycles. The summed E-state index contributed by atoms with van der Waals surface area (Å²) in [4.78, 5) is 92.4. The Morgan fingerprint density at radius 2 is 0.656 bits per heavy atom. The minimum absolute atomic E-state index is 0. The second-order valence-corrected chi connectivity index (χ2v) is 12.8. The third kappa shape index (κ3) is 14.5. The number of pyridine rings is 6. The predicted octanol–water partition coefficient (Wildman–Crippen LogP) is 3.52. The van der Waals surface area contributed by atoms with E-state index in [1.54, 1.807) is 57.2 Å². The number of anilines is 3. The molecule has 3 amide bonds. The van der Waals surface area contributed by atoms with Crippen molar-refractivity contribution in [1.82, 2.24) is 45.9 Å². The van der Waals surface area contributed by atoms with Crippen LogP contribution in [0.2, 0.25) is 0 Å². The maximum Gasteiger partial charge on any atom is 0.354 e. The molecule has 0 saturated heterocycles. The van der Waals surface area contributed by atoms with E-state index in [0.717, 1.165) is 0 Å². The van der Waals surface area contributed by atoms with Crippen molar-refractivity contribution in [2.45, 2.75) is 20.8 Å². The maximum absolute atomic E-state index is 11.9. The summed E-state index contributed by atoms with van der Waals surface area (Å²) >= 11 is 0. The molecule has 0 saturated carbocycles. The number of nitrogens with two attached hydrogens (primary N) is 3. The first-order valence-electron chi connectivity index (χ1n) is 18.8. The number of amides is 3. The molecule has 0 radical (unpaired) electrons. The van der Waals surface area contributed by atoms with Crippen LogP contribution in [0.3, 0.4) is 0 Å². The van der Waals surface area contributed by atoms with Crippen LogP contribution in [-0.4, -0.2) is 100 Å². The van der Waals surface area contributed by atoms with Gasteiger partial charge in [-0.3, -0.25) is 14.4 Å². The number of carbonyl (C=O) groups is 6. The largest absolute Gasteiger partial charge is 0.477 e. The van der Waals surface area contributed by atoms with Gasteiger partial charge in [-0.1, -0.05) is 0 Å². The van der Waals surface area contributed by atoms with E-state index in [-0.39, 0.29) is 74.6 Å². The van der Waals surface area contributed by atoms with Crippen LogP contribution < -0.4 is 33.2 Å². The minimum atomic E-state index is -1.20. The van der Waals surface area contributed by atoms with Crippen LogP contribution in [0.1, 0.15) is 83.7 Å². The Hall–Kier alpha value is -7.54. The zero-order valence-electron chi connectivity index (χ0n) is 34.4. The van der Waals surface area contributed by atoms with Crippen LogP contribution >= 0.6 is 0 Å². The Morgan fingerprint density at radius 1 is 0.422 bits per heavy atom. The fraction of sp³-hybridized carbons (Fsp3) is 0.143. The second kappa shape index (κ2) is 24.2. The summed E-state index contributed by atoms with van der Waals surface area (Å²) in [5, 5.41) is 35.1. The molecule has 21 nitrogen and oxygen atoms in total. The number of nitrogens with zero attached hydrogens (tertiary/aromatic N) is 6. The van der Waals surface area contributed by atoms with Crippen LogP contribution in [0, 0.1) is 40.4 Å². The van der Waals surface area contributed by atoms with E-state index in [2.05, 4.69) is 45.9 Å². The van der Waals surface area contributed by atoms with Gasteiger partial charge in [-0.2, -0.15) is 0 Å². The van der Waals surface area contributed by atoms with Crippen molar-refractivity contribution >= 4 is 53.1 Å².